The van der Waals surface area contributed by atoms with Crippen LogP contribution in [0.2, 0.25) is 0 Å². The molecule has 0 radical (unpaired) electrons. The summed E-state index contributed by atoms with van der Waals surface area (Å²) in [6, 6.07) is 0. The lowest BCUT2D eigenvalue weighted by atomic mass is 9.76. The quantitative estimate of drug-likeness (QED) is 0.779. The van der Waals surface area contributed by atoms with Gasteiger partial charge in [-0.1, -0.05) is 26.2 Å². The fraction of sp³-hybridized carbons (Fsp3) is 1.00. The summed E-state index contributed by atoms with van der Waals surface area (Å²) in [5.74, 6) is 0.764. The van der Waals surface area contributed by atoms with Crippen LogP contribution in [0.1, 0.15) is 59.3 Å². The largest absolute Gasteiger partial charge is 0.366 e. The van der Waals surface area contributed by atoms with Crippen LogP contribution in [-0.2, 0) is 4.74 Å². The lowest BCUT2D eigenvalue weighted by molar-refractivity contribution is -0.191. The number of morpholine rings is 1. The molecular weight excluding hydrogens is 198 g/mol. The van der Waals surface area contributed by atoms with Crippen LogP contribution in [0.15, 0.2) is 0 Å². The fourth-order valence-electron chi connectivity index (χ4n) is 3.35. The van der Waals surface area contributed by atoms with Crippen LogP contribution < -0.4 is 5.32 Å². The Morgan fingerprint density at radius 3 is 2.44 bits per heavy atom. The van der Waals surface area contributed by atoms with Crippen LogP contribution in [0, 0.1) is 5.92 Å². The highest BCUT2D eigenvalue weighted by molar-refractivity contribution is 4.96. The highest BCUT2D eigenvalue weighted by atomic mass is 16.5. The van der Waals surface area contributed by atoms with Crippen molar-refractivity contribution < 1.29 is 4.74 Å². The number of hydrogen-bond acceptors (Lipinski definition) is 2. The smallest absolute Gasteiger partial charge is 0.0814 e. The first-order valence-corrected chi connectivity index (χ1v) is 6.99. The minimum absolute atomic E-state index is 0.0461. The Kier molecular flexibility index (Phi) is 3.60. The predicted octanol–water partition coefficient (Wildman–Crippen LogP) is 3.11. The van der Waals surface area contributed by atoms with E-state index < -0.39 is 0 Å². The second-order valence-electron chi connectivity index (χ2n) is 6.16. The van der Waals surface area contributed by atoms with Crippen LogP contribution in [-0.4, -0.2) is 24.3 Å². The zero-order valence-electron chi connectivity index (χ0n) is 11.1. The molecule has 1 N–H and O–H groups in total. The van der Waals surface area contributed by atoms with Crippen LogP contribution in [0.3, 0.4) is 0 Å². The van der Waals surface area contributed by atoms with Gasteiger partial charge in [-0.25, -0.2) is 0 Å². The summed E-state index contributed by atoms with van der Waals surface area (Å²) in [5.41, 5.74) is 0.119. The first-order valence-electron chi connectivity index (χ1n) is 6.99. The zero-order valence-corrected chi connectivity index (χ0v) is 11.1. The highest BCUT2D eigenvalue weighted by Gasteiger charge is 2.44. The molecule has 0 aromatic carbocycles. The number of ether oxygens (including phenoxy) is 1. The predicted molar refractivity (Wildman–Crippen MR) is 67.6 cm³/mol. The topological polar surface area (TPSA) is 21.3 Å². The maximum absolute atomic E-state index is 6.49. The Bertz CT molecular complexity index is 237. The molecule has 1 aliphatic carbocycles. The van der Waals surface area contributed by atoms with Crippen molar-refractivity contribution in [2.75, 3.05) is 13.1 Å². The van der Waals surface area contributed by atoms with E-state index in [0.717, 1.165) is 25.4 Å². The molecule has 2 fully saturated rings. The number of hydrogen-bond donors (Lipinski definition) is 1. The Balaban J connectivity index is 2.05. The first-order chi connectivity index (χ1) is 7.58. The third-order valence-electron chi connectivity index (χ3n) is 4.67. The van der Waals surface area contributed by atoms with Crippen LogP contribution in [0.4, 0.5) is 0 Å². The summed E-state index contributed by atoms with van der Waals surface area (Å²) in [4.78, 5) is 0. The molecule has 1 heterocycles. The summed E-state index contributed by atoms with van der Waals surface area (Å²) >= 11 is 0. The van der Waals surface area contributed by atoms with Crippen molar-refractivity contribution in [3.8, 4) is 0 Å². The van der Waals surface area contributed by atoms with E-state index in [1.807, 2.05) is 0 Å². The number of rotatable bonds is 2. The van der Waals surface area contributed by atoms with Crippen molar-refractivity contribution >= 4 is 0 Å². The van der Waals surface area contributed by atoms with Gasteiger partial charge in [0.05, 0.1) is 11.2 Å². The molecule has 2 nitrogen and oxygen atoms in total. The molecule has 2 rings (SSSR count). The summed E-state index contributed by atoms with van der Waals surface area (Å²) < 4.78 is 6.49. The molecule has 2 aliphatic rings. The summed E-state index contributed by atoms with van der Waals surface area (Å²) in [5, 5.41) is 3.59. The third kappa shape index (κ3) is 2.43. The van der Waals surface area contributed by atoms with Gasteiger partial charge in [-0.3, -0.25) is 0 Å². The Morgan fingerprint density at radius 2 is 1.81 bits per heavy atom. The molecule has 94 valence electrons. The SMILES string of the molecule is CCC1(C)CNCC(C)(C2CCCCC2)O1. The molecule has 1 aliphatic heterocycles. The highest BCUT2D eigenvalue weighted by Crippen LogP contribution is 2.39. The third-order valence-corrected chi connectivity index (χ3v) is 4.67. The molecule has 0 bridgehead atoms. The standard InChI is InChI=1S/C14H27NO/c1-4-13(2)10-15-11-14(3,16-13)12-8-6-5-7-9-12/h12,15H,4-11H2,1-3H3. The second-order valence-corrected chi connectivity index (χ2v) is 6.16. The maximum Gasteiger partial charge on any atom is 0.0814 e. The van der Waals surface area contributed by atoms with Crippen molar-refractivity contribution in [3.05, 3.63) is 0 Å². The molecule has 2 atom stereocenters. The summed E-state index contributed by atoms with van der Waals surface area (Å²) in [7, 11) is 0. The van der Waals surface area contributed by atoms with Gasteiger partial charge in [0, 0.05) is 13.1 Å². The Hall–Kier alpha value is -0.0800. The summed E-state index contributed by atoms with van der Waals surface area (Å²) in [6.45, 7) is 8.84. The Morgan fingerprint density at radius 1 is 1.12 bits per heavy atom. The maximum atomic E-state index is 6.49. The van der Waals surface area contributed by atoms with Gasteiger partial charge in [-0.15, -0.1) is 0 Å². The van der Waals surface area contributed by atoms with E-state index >= 15 is 0 Å². The first kappa shape index (κ1) is 12.4. The zero-order chi connectivity index (χ0) is 11.6. The van der Waals surface area contributed by atoms with Gasteiger partial charge < -0.3 is 10.1 Å². The van der Waals surface area contributed by atoms with E-state index in [9.17, 15) is 0 Å². The van der Waals surface area contributed by atoms with Gasteiger partial charge in [0.1, 0.15) is 0 Å². The van der Waals surface area contributed by atoms with Gasteiger partial charge >= 0.3 is 0 Å². The molecule has 0 amide bonds. The van der Waals surface area contributed by atoms with E-state index in [1.165, 1.54) is 32.1 Å². The van der Waals surface area contributed by atoms with Crippen molar-refractivity contribution in [2.24, 2.45) is 5.92 Å². The van der Waals surface area contributed by atoms with Crippen LogP contribution in [0.5, 0.6) is 0 Å². The van der Waals surface area contributed by atoms with E-state index in [-0.39, 0.29) is 11.2 Å². The van der Waals surface area contributed by atoms with E-state index in [0.29, 0.717) is 0 Å². The molecule has 0 aromatic rings. The fourth-order valence-corrected chi connectivity index (χ4v) is 3.35. The van der Waals surface area contributed by atoms with E-state index in [2.05, 4.69) is 26.1 Å². The lowest BCUT2D eigenvalue weighted by Crippen LogP contribution is -2.60. The van der Waals surface area contributed by atoms with E-state index in [1.54, 1.807) is 0 Å². The van der Waals surface area contributed by atoms with Gasteiger partial charge in [0.15, 0.2) is 0 Å². The van der Waals surface area contributed by atoms with Crippen LogP contribution >= 0.6 is 0 Å². The average molecular weight is 225 g/mol. The molecule has 0 spiro atoms. The molecule has 1 saturated carbocycles. The van der Waals surface area contributed by atoms with Crippen molar-refractivity contribution in [3.63, 3.8) is 0 Å². The summed E-state index contributed by atoms with van der Waals surface area (Å²) in [6.07, 6.45) is 8.03. The van der Waals surface area contributed by atoms with Gasteiger partial charge in [0.25, 0.3) is 0 Å². The average Bonchev–Trinajstić information content (AvgIpc) is 2.30. The van der Waals surface area contributed by atoms with Crippen molar-refractivity contribution in [1.82, 2.24) is 5.32 Å². The minimum atomic E-state index is 0.0461. The normalized spacial score (nSPS) is 42.2. The minimum Gasteiger partial charge on any atom is -0.366 e. The van der Waals surface area contributed by atoms with E-state index in [4.69, 9.17) is 4.74 Å². The van der Waals surface area contributed by atoms with Crippen molar-refractivity contribution in [1.29, 1.82) is 0 Å². The molecule has 2 unspecified atom stereocenters. The molecular formula is C14H27NO. The molecule has 16 heavy (non-hydrogen) atoms. The van der Waals surface area contributed by atoms with Gasteiger partial charge in [0.2, 0.25) is 0 Å². The Labute approximate surface area is 100 Å². The van der Waals surface area contributed by atoms with Gasteiger partial charge in [-0.05, 0) is 39.0 Å². The molecule has 1 saturated heterocycles. The molecule has 2 heteroatoms. The monoisotopic (exact) mass is 225 g/mol. The van der Waals surface area contributed by atoms with Gasteiger partial charge in [-0.2, -0.15) is 0 Å². The van der Waals surface area contributed by atoms with Crippen LogP contribution in [0.25, 0.3) is 0 Å². The molecule has 0 aromatic heterocycles. The number of nitrogens with one attached hydrogen (secondary N) is 1. The van der Waals surface area contributed by atoms with Crippen molar-refractivity contribution in [2.45, 2.75) is 70.5 Å². The lowest BCUT2D eigenvalue weighted by Gasteiger charge is -2.50. The second kappa shape index (κ2) is 4.66.